The standard InChI is InChI=1S/C12H20N2O/c1-10(11-5-3-2-4-6-11)14-9-12(15)7-8-13/h2-6,10,12,14-15H,7-9,13H2,1H3. The van der Waals surface area contributed by atoms with Gasteiger partial charge in [0.1, 0.15) is 0 Å². The first kappa shape index (κ1) is 12.2. The van der Waals surface area contributed by atoms with Crippen LogP contribution in [-0.2, 0) is 0 Å². The van der Waals surface area contributed by atoms with Crippen LogP contribution in [0.3, 0.4) is 0 Å². The molecule has 0 fully saturated rings. The molecule has 3 nitrogen and oxygen atoms in total. The highest BCUT2D eigenvalue weighted by molar-refractivity contribution is 5.17. The van der Waals surface area contributed by atoms with Gasteiger partial charge in [-0.15, -0.1) is 0 Å². The molecule has 0 spiro atoms. The third-order valence-corrected chi connectivity index (χ3v) is 2.46. The molecule has 4 N–H and O–H groups in total. The van der Waals surface area contributed by atoms with E-state index in [-0.39, 0.29) is 12.1 Å². The molecule has 84 valence electrons. The summed E-state index contributed by atoms with van der Waals surface area (Å²) in [4.78, 5) is 0. The molecule has 0 radical (unpaired) electrons. The molecule has 1 rings (SSSR count). The number of hydrogen-bond donors (Lipinski definition) is 3. The van der Waals surface area contributed by atoms with Crippen molar-refractivity contribution in [3.8, 4) is 0 Å². The van der Waals surface area contributed by atoms with Crippen molar-refractivity contribution in [3.63, 3.8) is 0 Å². The Balaban J connectivity index is 2.33. The average Bonchev–Trinajstić information content (AvgIpc) is 2.27. The molecule has 0 bridgehead atoms. The highest BCUT2D eigenvalue weighted by Gasteiger charge is 2.07. The summed E-state index contributed by atoms with van der Waals surface area (Å²) in [7, 11) is 0. The van der Waals surface area contributed by atoms with Crippen molar-refractivity contribution in [1.82, 2.24) is 5.32 Å². The number of rotatable bonds is 6. The van der Waals surface area contributed by atoms with Crippen molar-refractivity contribution in [2.24, 2.45) is 5.73 Å². The first-order chi connectivity index (χ1) is 7.24. The quantitative estimate of drug-likeness (QED) is 0.655. The summed E-state index contributed by atoms with van der Waals surface area (Å²) in [5, 5.41) is 12.8. The summed E-state index contributed by atoms with van der Waals surface area (Å²) < 4.78 is 0. The van der Waals surface area contributed by atoms with Crippen molar-refractivity contribution in [2.75, 3.05) is 13.1 Å². The number of nitrogens with one attached hydrogen (secondary N) is 1. The maximum absolute atomic E-state index is 9.50. The van der Waals surface area contributed by atoms with Gasteiger partial charge in [-0.2, -0.15) is 0 Å². The van der Waals surface area contributed by atoms with Crippen LogP contribution in [0.15, 0.2) is 30.3 Å². The maximum atomic E-state index is 9.50. The number of benzene rings is 1. The molecule has 2 unspecified atom stereocenters. The molecular formula is C12H20N2O. The van der Waals surface area contributed by atoms with E-state index in [0.29, 0.717) is 19.5 Å². The average molecular weight is 208 g/mol. The zero-order valence-electron chi connectivity index (χ0n) is 9.19. The molecular weight excluding hydrogens is 188 g/mol. The summed E-state index contributed by atoms with van der Waals surface area (Å²) in [5.41, 5.74) is 6.59. The predicted octanol–water partition coefficient (Wildman–Crippen LogP) is 1.05. The van der Waals surface area contributed by atoms with Gasteiger partial charge in [0.15, 0.2) is 0 Å². The number of hydrogen-bond acceptors (Lipinski definition) is 3. The molecule has 0 saturated heterocycles. The van der Waals surface area contributed by atoms with Crippen molar-refractivity contribution < 1.29 is 5.11 Å². The van der Waals surface area contributed by atoms with Crippen LogP contribution < -0.4 is 11.1 Å². The fourth-order valence-corrected chi connectivity index (χ4v) is 1.47. The Morgan fingerprint density at radius 2 is 2.00 bits per heavy atom. The predicted molar refractivity (Wildman–Crippen MR) is 62.5 cm³/mol. The van der Waals surface area contributed by atoms with Crippen LogP contribution in [0.5, 0.6) is 0 Å². The Morgan fingerprint density at radius 3 is 2.60 bits per heavy atom. The van der Waals surface area contributed by atoms with Crippen LogP contribution in [0.1, 0.15) is 24.9 Å². The van der Waals surface area contributed by atoms with E-state index in [9.17, 15) is 5.11 Å². The zero-order chi connectivity index (χ0) is 11.1. The zero-order valence-corrected chi connectivity index (χ0v) is 9.19. The Kier molecular flexibility index (Phi) is 5.32. The van der Waals surface area contributed by atoms with Gasteiger partial charge in [-0.1, -0.05) is 30.3 Å². The SMILES string of the molecule is CC(NCC(O)CCN)c1ccccc1. The number of aliphatic hydroxyl groups is 1. The van der Waals surface area contributed by atoms with Crippen LogP contribution in [-0.4, -0.2) is 24.3 Å². The van der Waals surface area contributed by atoms with Gasteiger partial charge < -0.3 is 16.2 Å². The molecule has 0 aliphatic rings. The van der Waals surface area contributed by atoms with Gasteiger partial charge in [0.05, 0.1) is 6.10 Å². The Bertz CT molecular complexity index is 264. The van der Waals surface area contributed by atoms with Crippen LogP contribution in [0.2, 0.25) is 0 Å². The van der Waals surface area contributed by atoms with Crippen molar-refractivity contribution in [1.29, 1.82) is 0 Å². The van der Waals surface area contributed by atoms with Gasteiger partial charge >= 0.3 is 0 Å². The van der Waals surface area contributed by atoms with E-state index in [2.05, 4.69) is 24.4 Å². The van der Waals surface area contributed by atoms with E-state index in [4.69, 9.17) is 5.73 Å². The van der Waals surface area contributed by atoms with E-state index >= 15 is 0 Å². The van der Waals surface area contributed by atoms with E-state index in [1.54, 1.807) is 0 Å². The normalized spacial score (nSPS) is 14.9. The van der Waals surface area contributed by atoms with Crippen LogP contribution >= 0.6 is 0 Å². The summed E-state index contributed by atoms with van der Waals surface area (Å²) in [5.74, 6) is 0. The van der Waals surface area contributed by atoms with Crippen LogP contribution in [0.25, 0.3) is 0 Å². The van der Waals surface area contributed by atoms with Gasteiger partial charge in [0.2, 0.25) is 0 Å². The molecule has 1 aromatic rings. The lowest BCUT2D eigenvalue weighted by Gasteiger charge is -2.16. The highest BCUT2D eigenvalue weighted by Crippen LogP contribution is 2.10. The van der Waals surface area contributed by atoms with Gasteiger partial charge in [-0.05, 0) is 25.5 Å². The largest absolute Gasteiger partial charge is 0.392 e. The third kappa shape index (κ3) is 4.42. The topological polar surface area (TPSA) is 58.3 Å². The van der Waals surface area contributed by atoms with Crippen molar-refractivity contribution in [2.45, 2.75) is 25.5 Å². The molecule has 0 heterocycles. The van der Waals surface area contributed by atoms with Gasteiger partial charge in [-0.3, -0.25) is 0 Å². The third-order valence-electron chi connectivity index (χ3n) is 2.46. The van der Waals surface area contributed by atoms with Crippen LogP contribution in [0, 0.1) is 0 Å². The first-order valence-electron chi connectivity index (χ1n) is 5.40. The van der Waals surface area contributed by atoms with Gasteiger partial charge in [-0.25, -0.2) is 0 Å². The summed E-state index contributed by atoms with van der Waals surface area (Å²) in [6.45, 7) is 3.21. The Labute approximate surface area is 91.3 Å². The monoisotopic (exact) mass is 208 g/mol. The fraction of sp³-hybridized carbons (Fsp3) is 0.500. The molecule has 2 atom stereocenters. The van der Waals surface area contributed by atoms with Crippen LogP contribution in [0.4, 0.5) is 0 Å². The fourth-order valence-electron chi connectivity index (χ4n) is 1.47. The molecule has 0 amide bonds. The van der Waals surface area contributed by atoms with Gasteiger partial charge in [0, 0.05) is 12.6 Å². The molecule has 3 heteroatoms. The molecule has 0 aliphatic carbocycles. The van der Waals surface area contributed by atoms with Gasteiger partial charge in [0.25, 0.3) is 0 Å². The Hall–Kier alpha value is -0.900. The summed E-state index contributed by atoms with van der Waals surface area (Å²) in [6, 6.07) is 10.5. The summed E-state index contributed by atoms with van der Waals surface area (Å²) in [6.07, 6.45) is 0.301. The second-order valence-corrected chi connectivity index (χ2v) is 3.77. The number of nitrogens with two attached hydrogens (primary N) is 1. The molecule has 0 aromatic heterocycles. The van der Waals surface area contributed by atoms with E-state index < -0.39 is 0 Å². The van der Waals surface area contributed by atoms with Crippen molar-refractivity contribution in [3.05, 3.63) is 35.9 Å². The van der Waals surface area contributed by atoms with Crippen molar-refractivity contribution >= 4 is 0 Å². The minimum Gasteiger partial charge on any atom is -0.392 e. The molecule has 15 heavy (non-hydrogen) atoms. The number of aliphatic hydroxyl groups excluding tert-OH is 1. The second kappa shape index (κ2) is 6.56. The maximum Gasteiger partial charge on any atom is 0.0676 e. The lowest BCUT2D eigenvalue weighted by Crippen LogP contribution is -2.30. The highest BCUT2D eigenvalue weighted by atomic mass is 16.3. The van der Waals surface area contributed by atoms with E-state index in [1.165, 1.54) is 5.56 Å². The first-order valence-corrected chi connectivity index (χ1v) is 5.40. The smallest absolute Gasteiger partial charge is 0.0676 e. The minimum atomic E-state index is -0.346. The van der Waals surface area contributed by atoms with E-state index in [0.717, 1.165) is 0 Å². The second-order valence-electron chi connectivity index (χ2n) is 3.77. The lowest BCUT2D eigenvalue weighted by atomic mass is 10.1. The molecule has 0 aliphatic heterocycles. The Morgan fingerprint density at radius 1 is 1.33 bits per heavy atom. The minimum absolute atomic E-state index is 0.263. The molecule has 1 aromatic carbocycles. The summed E-state index contributed by atoms with van der Waals surface area (Å²) >= 11 is 0. The lowest BCUT2D eigenvalue weighted by molar-refractivity contribution is 0.160. The molecule has 0 saturated carbocycles. The van der Waals surface area contributed by atoms with E-state index in [1.807, 2.05) is 18.2 Å².